The summed E-state index contributed by atoms with van der Waals surface area (Å²) >= 11 is 9.61. The highest BCUT2D eigenvalue weighted by Crippen LogP contribution is 2.31. The zero-order valence-corrected chi connectivity index (χ0v) is 12.6. The molecule has 0 aliphatic carbocycles. The van der Waals surface area contributed by atoms with Crippen LogP contribution in [0.4, 0.5) is 5.82 Å². The van der Waals surface area contributed by atoms with Gasteiger partial charge in [-0.25, -0.2) is 4.98 Å². The van der Waals surface area contributed by atoms with Gasteiger partial charge in [-0.15, -0.1) is 0 Å². The van der Waals surface area contributed by atoms with Crippen LogP contribution in [0.25, 0.3) is 0 Å². The fourth-order valence-electron chi connectivity index (χ4n) is 2.35. The second kappa shape index (κ2) is 6.19. The van der Waals surface area contributed by atoms with Crippen LogP contribution in [0.3, 0.4) is 0 Å². The molecule has 0 spiro atoms. The maximum atomic E-state index is 6.25. The van der Waals surface area contributed by atoms with Crippen LogP contribution in [0, 0.1) is 0 Å². The zero-order valence-electron chi connectivity index (χ0n) is 10.3. The van der Waals surface area contributed by atoms with E-state index < -0.39 is 0 Å². The molecule has 2 heterocycles. The lowest BCUT2D eigenvalue weighted by molar-refractivity contribution is 0.0708. The van der Waals surface area contributed by atoms with Crippen LogP contribution < -0.4 is 10.6 Å². The lowest BCUT2D eigenvalue weighted by Gasteiger charge is -2.39. The van der Waals surface area contributed by atoms with Crippen molar-refractivity contribution in [3.05, 3.63) is 21.8 Å². The third kappa shape index (κ3) is 2.96. The minimum absolute atomic E-state index is 0.231. The van der Waals surface area contributed by atoms with Crippen LogP contribution in [-0.4, -0.2) is 37.3 Å². The summed E-state index contributed by atoms with van der Waals surface area (Å²) in [6.07, 6.45) is 3.93. The number of aromatic nitrogens is 1. The van der Waals surface area contributed by atoms with E-state index >= 15 is 0 Å². The van der Waals surface area contributed by atoms with Gasteiger partial charge in [0.15, 0.2) is 0 Å². The van der Waals surface area contributed by atoms with E-state index in [1.807, 2.05) is 6.07 Å². The molecule has 2 rings (SSSR count). The Hall–Kier alpha value is -0.360. The van der Waals surface area contributed by atoms with E-state index in [1.165, 1.54) is 0 Å². The first-order valence-corrected chi connectivity index (χ1v) is 7.13. The Kier molecular flexibility index (Phi) is 4.84. The molecule has 0 saturated carbocycles. The Bertz CT molecular complexity index is 418. The van der Waals surface area contributed by atoms with Crippen molar-refractivity contribution < 1.29 is 4.74 Å². The molecular formula is C12H17BrClN3O. The smallest absolute Gasteiger partial charge is 0.147 e. The normalized spacial score (nSPS) is 24.3. The van der Waals surface area contributed by atoms with E-state index in [2.05, 4.69) is 25.8 Å². The molecular weight excluding hydrogens is 318 g/mol. The van der Waals surface area contributed by atoms with Crippen molar-refractivity contribution in [2.75, 3.05) is 25.1 Å². The monoisotopic (exact) mass is 333 g/mol. The number of piperidine rings is 1. The van der Waals surface area contributed by atoms with Crippen LogP contribution >= 0.6 is 27.5 Å². The number of methoxy groups -OCH3 is 1. The minimum Gasteiger partial charge on any atom is -0.381 e. The fourth-order valence-corrected chi connectivity index (χ4v) is 3.09. The topological polar surface area (TPSA) is 51.4 Å². The van der Waals surface area contributed by atoms with Crippen molar-refractivity contribution in [3.8, 4) is 0 Å². The highest BCUT2D eigenvalue weighted by molar-refractivity contribution is 9.10. The van der Waals surface area contributed by atoms with Crippen LogP contribution in [0.1, 0.15) is 12.8 Å². The standard InChI is InChI=1S/C12H17BrClN3O/c1-18-10-2-3-17(9(5-10)6-15)12-11(14)4-8(13)7-16-12/h4,7,9-10H,2-3,5-6,15H2,1H3. The lowest BCUT2D eigenvalue weighted by atomic mass is 9.99. The Morgan fingerprint density at radius 2 is 2.44 bits per heavy atom. The van der Waals surface area contributed by atoms with E-state index in [4.69, 9.17) is 22.1 Å². The molecule has 1 aliphatic heterocycles. The van der Waals surface area contributed by atoms with Crippen molar-refractivity contribution in [1.82, 2.24) is 4.98 Å². The first-order valence-electron chi connectivity index (χ1n) is 5.96. The molecule has 0 radical (unpaired) electrons. The summed E-state index contributed by atoms with van der Waals surface area (Å²) in [5.74, 6) is 0.810. The summed E-state index contributed by atoms with van der Waals surface area (Å²) in [7, 11) is 1.75. The molecule has 2 N–H and O–H groups in total. The molecule has 1 saturated heterocycles. The molecule has 1 aliphatic rings. The Morgan fingerprint density at radius 1 is 1.67 bits per heavy atom. The number of nitrogens with zero attached hydrogens (tertiary/aromatic N) is 2. The Labute approximate surface area is 121 Å². The summed E-state index contributed by atoms with van der Waals surface area (Å²) in [6.45, 7) is 1.45. The van der Waals surface area contributed by atoms with E-state index in [-0.39, 0.29) is 12.1 Å². The molecule has 18 heavy (non-hydrogen) atoms. The Balaban J connectivity index is 2.21. The third-order valence-electron chi connectivity index (χ3n) is 3.33. The second-order valence-corrected chi connectivity index (χ2v) is 5.75. The molecule has 0 aromatic carbocycles. The second-order valence-electron chi connectivity index (χ2n) is 4.42. The van der Waals surface area contributed by atoms with Crippen LogP contribution in [0.2, 0.25) is 5.02 Å². The van der Waals surface area contributed by atoms with Crippen molar-refractivity contribution in [2.45, 2.75) is 25.0 Å². The number of hydrogen-bond acceptors (Lipinski definition) is 4. The molecule has 0 amide bonds. The van der Waals surface area contributed by atoms with Crippen molar-refractivity contribution >= 4 is 33.3 Å². The lowest BCUT2D eigenvalue weighted by Crippen LogP contribution is -2.49. The summed E-state index contributed by atoms with van der Waals surface area (Å²) in [4.78, 5) is 6.59. The van der Waals surface area contributed by atoms with Gasteiger partial charge in [-0.3, -0.25) is 0 Å². The maximum absolute atomic E-state index is 6.25. The molecule has 2 atom stereocenters. The molecule has 4 nitrogen and oxygen atoms in total. The summed E-state index contributed by atoms with van der Waals surface area (Å²) < 4.78 is 6.30. The first-order chi connectivity index (χ1) is 8.65. The number of rotatable bonds is 3. The van der Waals surface area contributed by atoms with E-state index in [0.29, 0.717) is 11.6 Å². The van der Waals surface area contributed by atoms with Gasteiger partial charge in [0.25, 0.3) is 0 Å². The van der Waals surface area contributed by atoms with Gasteiger partial charge in [0.1, 0.15) is 5.82 Å². The van der Waals surface area contributed by atoms with Crippen molar-refractivity contribution in [2.24, 2.45) is 5.73 Å². The van der Waals surface area contributed by atoms with Crippen LogP contribution in [-0.2, 0) is 4.74 Å². The number of anilines is 1. The SMILES string of the molecule is COC1CCN(c2ncc(Br)cc2Cl)C(CN)C1. The predicted molar refractivity (Wildman–Crippen MR) is 77.2 cm³/mol. The number of ether oxygens (including phenoxy) is 1. The van der Waals surface area contributed by atoms with Gasteiger partial charge in [0, 0.05) is 36.9 Å². The van der Waals surface area contributed by atoms with Gasteiger partial charge in [-0.2, -0.15) is 0 Å². The van der Waals surface area contributed by atoms with Gasteiger partial charge < -0.3 is 15.4 Å². The molecule has 2 unspecified atom stereocenters. The van der Waals surface area contributed by atoms with Gasteiger partial charge in [0.2, 0.25) is 0 Å². The summed E-state index contributed by atoms with van der Waals surface area (Å²) in [6, 6.07) is 2.09. The molecule has 6 heteroatoms. The van der Waals surface area contributed by atoms with E-state index in [1.54, 1.807) is 13.3 Å². The number of pyridine rings is 1. The van der Waals surface area contributed by atoms with Gasteiger partial charge in [0.05, 0.1) is 11.1 Å². The highest BCUT2D eigenvalue weighted by atomic mass is 79.9. The molecule has 0 bridgehead atoms. The maximum Gasteiger partial charge on any atom is 0.147 e. The molecule has 1 aromatic rings. The average molecular weight is 335 g/mol. The van der Waals surface area contributed by atoms with Crippen LogP contribution in [0.15, 0.2) is 16.7 Å². The molecule has 1 fully saturated rings. The highest BCUT2D eigenvalue weighted by Gasteiger charge is 2.29. The van der Waals surface area contributed by atoms with Crippen molar-refractivity contribution in [1.29, 1.82) is 0 Å². The van der Waals surface area contributed by atoms with E-state index in [0.717, 1.165) is 29.7 Å². The number of halogens is 2. The number of hydrogen-bond donors (Lipinski definition) is 1. The first kappa shape index (κ1) is 14.1. The van der Waals surface area contributed by atoms with Gasteiger partial charge in [-0.05, 0) is 34.8 Å². The van der Waals surface area contributed by atoms with Crippen molar-refractivity contribution in [3.63, 3.8) is 0 Å². The molecule has 1 aromatic heterocycles. The molecule has 100 valence electrons. The van der Waals surface area contributed by atoms with Gasteiger partial charge >= 0.3 is 0 Å². The zero-order chi connectivity index (χ0) is 13.1. The minimum atomic E-state index is 0.231. The summed E-state index contributed by atoms with van der Waals surface area (Å²) in [5.41, 5.74) is 5.85. The third-order valence-corrected chi connectivity index (χ3v) is 4.05. The average Bonchev–Trinajstić information content (AvgIpc) is 2.38. The predicted octanol–water partition coefficient (Wildman–Crippen LogP) is 2.44. The number of nitrogens with two attached hydrogens (primary N) is 1. The fraction of sp³-hybridized carbons (Fsp3) is 0.583. The quantitative estimate of drug-likeness (QED) is 0.922. The van der Waals surface area contributed by atoms with Gasteiger partial charge in [-0.1, -0.05) is 11.6 Å². The largest absolute Gasteiger partial charge is 0.381 e. The van der Waals surface area contributed by atoms with Crippen LogP contribution in [0.5, 0.6) is 0 Å². The Morgan fingerprint density at radius 3 is 3.06 bits per heavy atom. The van der Waals surface area contributed by atoms with E-state index in [9.17, 15) is 0 Å². The summed E-state index contributed by atoms with van der Waals surface area (Å²) in [5, 5.41) is 0.652.